The molecule has 0 aliphatic heterocycles. The van der Waals surface area contributed by atoms with Gasteiger partial charge in [-0.2, -0.15) is 5.10 Å². The molecule has 0 fully saturated rings. The number of benzene rings is 2. The molecule has 0 bridgehead atoms. The second-order valence-electron chi connectivity index (χ2n) is 7.78. The number of rotatable bonds is 4. The molecule has 1 N–H and O–H groups in total. The molecule has 6 nitrogen and oxygen atoms in total. The molecular weight excluding hydrogens is 376 g/mol. The van der Waals surface area contributed by atoms with Gasteiger partial charge in [0.1, 0.15) is 12.1 Å². The SMILES string of the molecule is Cc1ccc(-c2cc3c(=O)n(CC(=O)Nc4c(C)cc(C)cc4C)ccn3n2)cc1. The van der Waals surface area contributed by atoms with E-state index in [1.54, 1.807) is 23.0 Å². The van der Waals surface area contributed by atoms with E-state index in [2.05, 4.69) is 10.4 Å². The van der Waals surface area contributed by atoms with Gasteiger partial charge in [-0.3, -0.25) is 9.59 Å². The molecule has 0 aliphatic carbocycles. The molecule has 0 saturated carbocycles. The third-order valence-electron chi connectivity index (χ3n) is 5.21. The number of hydrogen-bond acceptors (Lipinski definition) is 3. The molecule has 0 spiro atoms. The van der Waals surface area contributed by atoms with Crippen molar-refractivity contribution in [3.8, 4) is 11.3 Å². The Morgan fingerprint density at radius 2 is 1.60 bits per heavy atom. The lowest BCUT2D eigenvalue weighted by Crippen LogP contribution is -2.28. The Balaban J connectivity index is 1.60. The van der Waals surface area contributed by atoms with Gasteiger partial charge in [0.25, 0.3) is 5.56 Å². The minimum Gasteiger partial charge on any atom is -0.324 e. The van der Waals surface area contributed by atoms with Crippen LogP contribution in [-0.2, 0) is 11.3 Å². The summed E-state index contributed by atoms with van der Waals surface area (Å²) < 4.78 is 2.96. The first-order chi connectivity index (χ1) is 14.3. The number of fused-ring (bicyclic) bond motifs is 1. The maximum absolute atomic E-state index is 12.9. The van der Waals surface area contributed by atoms with Crippen LogP contribution in [0.5, 0.6) is 0 Å². The van der Waals surface area contributed by atoms with E-state index in [-0.39, 0.29) is 18.0 Å². The first-order valence-electron chi connectivity index (χ1n) is 9.85. The number of nitrogens with one attached hydrogen (secondary N) is 1. The molecule has 4 rings (SSSR count). The van der Waals surface area contributed by atoms with Crippen LogP contribution in [0.15, 0.2) is 59.7 Å². The molecule has 6 heteroatoms. The summed E-state index contributed by atoms with van der Waals surface area (Å²) in [6.07, 6.45) is 3.29. The largest absolute Gasteiger partial charge is 0.324 e. The van der Waals surface area contributed by atoms with Crippen LogP contribution in [0, 0.1) is 27.7 Å². The number of nitrogens with zero attached hydrogens (tertiary/aromatic N) is 3. The minimum atomic E-state index is -0.254. The standard InChI is InChI=1S/C24H24N4O2/c1-15-5-7-19(8-6-15)20-13-21-24(30)27(9-10-28(21)26-20)14-22(29)25-23-17(3)11-16(2)12-18(23)4/h5-13H,14H2,1-4H3,(H,25,29). The molecule has 1 amide bonds. The number of carbonyl (C=O) groups excluding carboxylic acids is 1. The predicted molar refractivity (Wildman–Crippen MR) is 119 cm³/mol. The van der Waals surface area contributed by atoms with Gasteiger partial charge in [0.15, 0.2) is 0 Å². The second-order valence-corrected chi connectivity index (χ2v) is 7.78. The number of hydrogen-bond donors (Lipinski definition) is 1. The van der Waals surface area contributed by atoms with Crippen molar-refractivity contribution in [1.82, 2.24) is 14.2 Å². The summed E-state index contributed by atoms with van der Waals surface area (Å²) in [5.74, 6) is -0.241. The first kappa shape index (κ1) is 19.6. The van der Waals surface area contributed by atoms with Crippen molar-refractivity contribution in [2.75, 3.05) is 5.32 Å². The summed E-state index contributed by atoms with van der Waals surface area (Å²) >= 11 is 0. The van der Waals surface area contributed by atoms with Crippen molar-refractivity contribution in [1.29, 1.82) is 0 Å². The van der Waals surface area contributed by atoms with Crippen LogP contribution in [0.2, 0.25) is 0 Å². The quantitative estimate of drug-likeness (QED) is 0.562. The second kappa shape index (κ2) is 7.63. The molecule has 2 heterocycles. The van der Waals surface area contributed by atoms with Gasteiger partial charge in [-0.05, 0) is 44.9 Å². The normalized spacial score (nSPS) is 11.1. The van der Waals surface area contributed by atoms with Gasteiger partial charge in [-0.1, -0.05) is 47.5 Å². The fourth-order valence-corrected chi connectivity index (χ4v) is 3.73. The molecule has 0 aliphatic rings. The Labute approximate surface area is 174 Å². The molecule has 30 heavy (non-hydrogen) atoms. The zero-order chi connectivity index (χ0) is 21.4. The van der Waals surface area contributed by atoms with E-state index in [9.17, 15) is 9.59 Å². The Morgan fingerprint density at radius 3 is 2.27 bits per heavy atom. The highest BCUT2D eigenvalue weighted by Crippen LogP contribution is 2.22. The minimum absolute atomic E-state index is 0.0624. The number of aromatic nitrogens is 3. The van der Waals surface area contributed by atoms with Crippen LogP contribution in [-0.4, -0.2) is 20.1 Å². The number of amides is 1. The van der Waals surface area contributed by atoms with E-state index in [4.69, 9.17) is 0 Å². The Bertz CT molecular complexity index is 1290. The van der Waals surface area contributed by atoms with Crippen LogP contribution < -0.4 is 10.9 Å². The van der Waals surface area contributed by atoms with Crippen LogP contribution in [0.25, 0.3) is 16.8 Å². The maximum Gasteiger partial charge on any atom is 0.277 e. The van der Waals surface area contributed by atoms with E-state index in [1.807, 2.05) is 64.1 Å². The zero-order valence-electron chi connectivity index (χ0n) is 17.6. The smallest absolute Gasteiger partial charge is 0.277 e. The maximum atomic E-state index is 12.9. The summed E-state index contributed by atoms with van der Waals surface area (Å²) in [4.78, 5) is 25.5. The summed E-state index contributed by atoms with van der Waals surface area (Å²) in [6.45, 7) is 7.92. The molecule has 152 valence electrons. The van der Waals surface area contributed by atoms with Crippen LogP contribution in [0.3, 0.4) is 0 Å². The lowest BCUT2D eigenvalue weighted by Gasteiger charge is -2.13. The molecule has 0 radical (unpaired) electrons. The number of carbonyl (C=O) groups is 1. The molecule has 4 aromatic rings. The average Bonchev–Trinajstić information content (AvgIpc) is 3.12. The predicted octanol–water partition coefficient (Wildman–Crippen LogP) is 4.04. The highest BCUT2D eigenvalue weighted by Gasteiger charge is 2.13. The number of aryl methyl sites for hydroxylation is 4. The van der Waals surface area contributed by atoms with Gasteiger partial charge in [0.05, 0.1) is 5.69 Å². The third kappa shape index (κ3) is 3.76. The van der Waals surface area contributed by atoms with Crippen molar-refractivity contribution in [2.24, 2.45) is 0 Å². The molecule has 0 saturated heterocycles. The van der Waals surface area contributed by atoms with Crippen molar-refractivity contribution in [3.63, 3.8) is 0 Å². The van der Waals surface area contributed by atoms with E-state index in [0.717, 1.165) is 39.2 Å². The number of anilines is 1. The fourth-order valence-electron chi connectivity index (χ4n) is 3.73. The molecule has 2 aromatic heterocycles. The van der Waals surface area contributed by atoms with Gasteiger partial charge < -0.3 is 9.88 Å². The lowest BCUT2D eigenvalue weighted by molar-refractivity contribution is -0.116. The van der Waals surface area contributed by atoms with Gasteiger partial charge >= 0.3 is 0 Å². The summed E-state index contributed by atoms with van der Waals surface area (Å²) in [5, 5.41) is 7.44. The summed E-state index contributed by atoms with van der Waals surface area (Å²) in [6, 6.07) is 13.8. The Hall–Kier alpha value is -3.67. The van der Waals surface area contributed by atoms with Crippen molar-refractivity contribution in [3.05, 3.63) is 87.5 Å². The van der Waals surface area contributed by atoms with E-state index >= 15 is 0 Å². The summed E-state index contributed by atoms with van der Waals surface area (Å²) in [5.41, 5.74) is 6.96. The van der Waals surface area contributed by atoms with Crippen molar-refractivity contribution >= 4 is 17.1 Å². The van der Waals surface area contributed by atoms with Crippen LogP contribution in [0.1, 0.15) is 22.3 Å². The topological polar surface area (TPSA) is 68.4 Å². The molecule has 0 atom stereocenters. The van der Waals surface area contributed by atoms with Gasteiger partial charge in [0, 0.05) is 23.6 Å². The van der Waals surface area contributed by atoms with Crippen molar-refractivity contribution in [2.45, 2.75) is 34.2 Å². The lowest BCUT2D eigenvalue weighted by atomic mass is 10.1. The van der Waals surface area contributed by atoms with E-state index in [0.29, 0.717) is 5.52 Å². The molecule has 2 aromatic carbocycles. The van der Waals surface area contributed by atoms with E-state index in [1.165, 1.54) is 4.57 Å². The average molecular weight is 400 g/mol. The van der Waals surface area contributed by atoms with Crippen molar-refractivity contribution < 1.29 is 4.79 Å². The summed E-state index contributed by atoms with van der Waals surface area (Å²) in [7, 11) is 0. The van der Waals surface area contributed by atoms with Crippen LogP contribution in [0.4, 0.5) is 5.69 Å². The van der Waals surface area contributed by atoms with Gasteiger partial charge in [-0.15, -0.1) is 0 Å². The fraction of sp³-hybridized carbons (Fsp3) is 0.208. The van der Waals surface area contributed by atoms with E-state index < -0.39 is 0 Å². The molecular formula is C24H24N4O2. The van der Waals surface area contributed by atoms with Gasteiger partial charge in [-0.25, -0.2) is 4.52 Å². The molecule has 0 unspecified atom stereocenters. The first-order valence-corrected chi connectivity index (χ1v) is 9.85. The highest BCUT2D eigenvalue weighted by molar-refractivity contribution is 5.92. The highest BCUT2D eigenvalue weighted by atomic mass is 16.2. The van der Waals surface area contributed by atoms with Gasteiger partial charge in [0.2, 0.25) is 5.91 Å². The zero-order valence-corrected chi connectivity index (χ0v) is 17.6. The monoisotopic (exact) mass is 400 g/mol. The van der Waals surface area contributed by atoms with Crippen LogP contribution >= 0.6 is 0 Å². The Kier molecular flexibility index (Phi) is 4.99. The third-order valence-corrected chi connectivity index (χ3v) is 5.21. The Morgan fingerprint density at radius 1 is 0.933 bits per heavy atom.